The van der Waals surface area contributed by atoms with E-state index in [9.17, 15) is 19.7 Å². The van der Waals surface area contributed by atoms with Crippen LogP contribution in [0.3, 0.4) is 0 Å². The molecule has 0 unspecified atom stereocenters. The van der Waals surface area contributed by atoms with Crippen molar-refractivity contribution in [3.8, 4) is 0 Å². The first-order valence-electron chi connectivity index (χ1n) is 8.22. The summed E-state index contributed by atoms with van der Waals surface area (Å²) in [6.45, 7) is 3.65. The summed E-state index contributed by atoms with van der Waals surface area (Å²) < 4.78 is 4.95. The summed E-state index contributed by atoms with van der Waals surface area (Å²) in [4.78, 5) is 34.2. The molecule has 2 aromatic rings. The number of nitrogens with one attached hydrogen (secondary N) is 1. The van der Waals surface area contributed by atoms with E-state index in [1.54, 1.807) is 6.07 Å². The molecular weight excluding hydrogens is 336 g/mol. The van der Waals surface area contributed by atoms with Crippen molar-refractivity contribution < 1.29 is 19.2 Å². The van der Waals surface area contributed by atoms with E-state index in [-0.39, 0.29) is 17.2 Å². The molecule has 1 N–H and O–H groups in total. The van der Waals surface area contributed by atoms with Crippen molar-refractivity contribution in [2.45, 2.75) is 26.2 Å². The number of ether oxygens (including phenoxy) is 1. The number of amides is 1. The largest absolute Gasteiger partial charge is 0.452 e. The Bertz CT molecular complexity index is 819. The van der Waals surface area contributed by atoms with Gasteiger partial charge in [0.1, 0.15) is 0 Å². The molecule has 0 aliphatic rings. The maximum absolute atomic E-state index is 12.1. The van der Waals surface area contributed by atoms with Gasteiger partial charge in [0, 0.05) is 17.8 Å². The van der Waals surface area contributed by atoms with Gasteiger partial charge in [0.05, 0.1) is 10.5 Å². The van der Waals surface area contributed by atoms with Crippen molar-refractivity contribution in [3.63, 3.8) is 0 Å². The number of anilines is 1. The van der Waals surface area contributed by atoms with Crippen LogP contribution in [0.25, 0.3) is 0 Å². The van der Waals surface area contributed by atoms with Crippen molar-refractivity contribution in [3.05, 3.63) is 69.8 Å². The number of benzene rings is 2. The number of hydrogen-bond acceptors (Lipinski definition) is 5. The summed E-state index contributed by atoms with van der Waals surface area (Å²) in [5.74, 6) is -0.988. The second-order valence-electron chi connectivity index (χ2n) is 5.83. The van der Waals surface area contributed by atoms with E-state index in [1.165, 1.54) is 18.2 Å². The summed E-state index contributed by atoms with van der Waals surface area (Å²) in [7, 11) is 0. The molecule has 0 saturated heterocycles. The fourth-order valence-electron chi connectivity index (χ4n) is 2.41. The SMILES string of the molecule is CC[C@H](C)c1ccccc1NC(=O)COC(=O)c1cccc([N+](=O)[O-])c1. The third kappa shape index (κ3) is 4.89. The Kier molecular flexibility index (Phi) is 6.43. The average Bonchev–Trinajstić information content (AvgIpc) is 2.66. The lowest BCUT2D eigenvalue weighted by atomic mass is 9.97. The molecule has 26 heavy (non-hydrogen) atoms. The fourth-order valence-corrected chi connectivity index (χ4v) is 2.41. The highest BCUT2D eigenvalue weighted by atomic mass is 16.6. The van der Waals surface area contributed by atoms with Crippen LogP contribution >= 0.6 is 0 Å². The fraction of sp³-hybridized carbons (Fsp3) is 0.263. The molecule has 0 saturated carbocycles. The Hall–Kier alpha value is -3.22. The standard InChI is InChI=1S/C19H20N2O5/c1-3-13(2)16-9-4-5-10-17(16)20-18(22)12-26-19(23)14-7-6-8-15(11-14)21(24)25/h4-11,13H,3,12H2,1-2H3,(H,20,22)/t13-/m0/s1. The summed E-state index contributed by atoms with van der Waals surface area (Å²) in [6, 6.07) is 12.6. The molecule has 136 valence electrons. The van der Waals surface area contributed by atoms with Crippen molar-refractivity contribution >= 4 is 23.3 Å². The number of para-hydroxylation sites is 1. The van der Waals surface area contributed by atoms with Gasteiger partial charge in [-0.25, -0.2) is 4.79 Å². The summed E-state index contributed by atoms with van der Waals surface area (Å²) in [5, 5.41) is 13.5. The molecule has 7 heteroatoms. The van der Waals surface area contributed by atoms with Gasteiger partial charge in [-0.05, 0) is 30.0 Å². The van der Waals surface area contributed by atoms with Crippen LogP contribution in [-0.4, -0.2) is 23.4 Å². The van der Waals surface area contributed by atoms with Gasteiger partial charge >= 0.3 is 5.97 Å². The molecule has 0 fully saturated rings. The molecule has 0 spiro atoms. The lowest BCUT2D eigenvalue weighted by Crippen LogP contribution is -2.21. The number of carbonyl (C=O) groups is 2. The van der Waals surface area contributed by atoms with Crippen LogP contribution in [0.15, 0.2) is 48.5 Å². The highest BCUT2D eigenvalue weighted by Crippen LogP contribution is 2.26. The molecule has 2 rings (SSSR count). The molecule has 0 heterocycles. The quantitative estimate of drug-likeness (QED) is 0.461. The Morgan fingerprint density at radius 3 is 2.62 bits per heavy atom. The maximum atomic E-state index is 12.1. The Labute approximate surface area is 151 Å². The summed E-state index contributed by atoms with van der Waals surface area (Å²) in [5.41, 5.74) is 1.49. The van der Waals surface area contributed by atoms with E-state index >= 15 is 0 Å². The normalized spacial score (nSPS) is 11.5. The van der Waals surface area contributed by atoms with Gasteiger partial charge in [-0.1, -0.05) is 38.1 Å². The molecule has 1 amide bonds. The number of nitro groups is 1. The third-order valence-corrected chi connectivity index (χ3v) is 4.01. The van der Waals surface area contributed by atoms with Gasteiger partial charge in [-0.15, -0.1) is 0 Å². The molecular formula is C19H20N2O5. The van der Waals surface area contributed by atoms with Crippen molar-refractivity contribution in [2.24, 2.45) is 0 Å². The third-order valence-electron chi connectivity index (χ3n) is 4.01. The van der Waals surface area contributed by atoms with Gasteiger partial charge in [0.2, 0.25) is 0 Å². The van der Waals surface area contributed by atoms with Gasteiger partial charge in [-0.3, -0.25) is 14.9 Å². The number of non-ortho nitro benzene ring substituents is 1. The first-order valence-corrected chi connectivity index (χ1v) is 8.22. The number of carbonyl (C=O) groups excluding carboxylic acids is 2. The van der Waals surface area contributed by atoms with Crippen molar-refractivity contribution in [1.82, 2.24) is 0 Å². The van der Waals surface area contributed by atoms with Crippen molar-refractivity contribution in [2.75, 3.05) is 11.9 Å². The lowest BCUT2D eigenvalue weighted by Gasteiger charge is -2.15. The maximum Gasteiger partial charge on any atom is 0.338 e. The topological polar surface area (TPSA) is 98.5 Å². The van der Waals surface area contributed by atoms with Gasteiger partial charge in [-0.2, -0.15) is 0 Å². The molecule has 0 radical (unpaired) electrons. The minimum atomic E-state index is -0.793. The van der Waals surface area contributed by atoms with Crippen LogP contribution in [0, 0.1) is 10.1 Å². The molecule has 0 bridgehead atoms. The predicted octanol–water partition coefficient (Wildman–Crippen LogP) is 3.90. The first kappa shape index (κ1) is 19.1. The van der Waals surface area contributed by atoms with Crippen LogP contribution in [0.1, 0.15) is 42.1 Å². The van der Waals surface area contributed by atoms with Crippen LogP contribution < -0.4 is 5.32 Å². The molecule has 1 atom stereocenters. The second kappa shape index (κ2) is 8.75. The van der Waals surface area contributed by atoms with Gasteiger partial charge < -0.3 is 10.1 Å². The highest BCUT2D eigenvalue weighted by molar-refractivity contribution is 5.96. The Balaban J connectivity index is 1.98. The Morgan fingerprint density at radius 1 is 1.19 bits per heavy atom. The van der Waals surface area contributed by atoms with Crippen molar-refractivity contribution in [1.29, 1.82) is 0 Å². The zero-order valence-electron chi connectivity index (χ0n) is 14.6. The summed E-state index contributed by atoms with van der Waals surface area (Å²) in [6.07, 6.45) is 0.925. The van der Waals surface area contributed by atoms with Gasteiger partial charge in [0.25, 0.3) is 11.6 Å². The molecule has 0 aliphatic carbocycles. The zero-order valence-corrected chi connectivity index (χ0v) is 14.6. The van der Waals surface area contributed by atoms with Crippen LogP contribution in [-0.2, 0) is 9.53 Å². The average molecular weight is 356 g/mol. The minimum Gasteiger partial charge on any atom is -0.452 e. The highest BCUT2D eigenvalue weighted by Gasteiger charge is 2.15. The number of nitrogens with zero attached hydrogens (tertiary/aromatic N) is 1. The molecule has 0 aliphatic heterocycles. The zero-order chi connectivity index (χ0) is 19.1. The van der Waals surface area contributed by atoms with Crippen LogP contribution in [0.5, 0.6) is 0 Å². The van der Waals surface area contributed by atoms with Crippen LogP contribution in [0.2, 0.25) is 0 Å². The van der Waals surface area contributed by atoms with E-state index in [0.717, 1.165) is 18.1 Å². The van der Waals surface area contributed by atoms with E-state index in [0.29, 0.717) is 5.69 Å². The summed E-state index contributed by atoms with van der Waals surface area (Å²) >= 11 is 0. The first-order chi connectivity index (χ1) is 12.4. The van der Waals surface area contributed by atoms with E-state index in [1.807, 2.05) is 18.2 Å². The second-order valence-corrected chi connectivity index (χ2v) is 5.83. The Morgan fingerprint density at radius 2 is 1.92 bits per heavy atom. The predicted molar refractivity (Wildman–Crippen MR) is 97.2 cm³/mol. The monoisotopic (exact) mass is 356 g/mol. The van der Waals surface area contributed by atoms with Gasteiger partial charge in [0.15, 0.2) is 6.61 Å². The number of esters is 1. The van der Waals surface area contributed by atoms with E-state index in [2.05, 4.69) is 19.2 Å². The lowest BCUT2D eigenvalue weighted by molar-refractivity contribution is -0.384. The molecule has 7 nitrogen and oxygen atoms in total. The molecule has 2 aromatic carbocycles. The molecule has 0 aromatic heterocycles. The number of rotatable bonds is 7. The minimum absolute atomic E-state index is 0.0204. The smallest absolute Gasteiger partial charge is 0.338 e. The van der Waals surface area contributed by atoms with E-state index < -0.39 is 23.4 Å². The van der Waals surface area contributed by atoms with Crippen LogP contribution in [0.4, 0.5) is 11.4 Å². The van der Waals surface area contributed by atoms with E-state index in [4.69, 9.17) is 4.74 Å². The number of nitro benzene ring substituents is 1. The number of hydrogen-bond donors (Lipinski definition) is 1.